The largest absolute Gasteiger partial charge is 0.494 e. The first-order valence-electron chi connectivity index (χ1n) is 9.96. The summed E-state index contributed by atoms with van der Waals surface area (Å²) < 4.78 is 8.10. The molecule has 0 aliphatic heterocycles. The van der Waals surface area contributed by atoms with Gasteiger partial charge in [0.2, 0.25) is 5.91 Å². The number of carbonyl (C=O) groups excluding carboxylic acids is 1. The quantitative estimate of drug-likeness (QED) is 0.569. The minimum Gasteiger partial charge on any atom is -0.494 e. The first-order chi connectivity index (χ1) is 13.5. The van der Waals surface area contributed by atoms with Crippen molar-refractivity contribution in [3.05, 3.63) is 59.9 Å². The molecule has 3 rings (SSSR count). The highest BCUT2D eigenvalue weighted by Crippen LogP contribution is 2.17. The van der Waals surface area contributed by atoms with Crippen molar-refractivity contribution in [2.24, 2.45) is 5.92 Å². The molecule has 0 unspecified atom stereocenters. The van der Waals surface area contributed by atoms with E-state index in [0.29, 0.717) is 19.6 Å². The molecule has 1 amide bonds. The summed E-state index contributed by atoms with van der Waals surface area (Å²) in [5.74, 6) is 1.98. The molecule has 0 saturated heterocycles. The number of para-hydroxylation sites is 2. The molecule has 0 aliphatic rings. The second-order valence-electron chi connectivity index (χ2n) is 7.38. The molecular weight excluding hydrogens is 350 g/mol. The van der Waals surface area contributed by atoms with Crippen LogP contribution in [0.5, 0.6) is 5.75 Å². The van der Waals surface area contributed by atoms with Crippen LogP contribution < -0.4 is 10.1 Å². The van der Waals surface area contributed by atoms with Crippen LogP contribution in [0.2, 0.25) is 0 Å². The van der Waals surface area contributed by atoms with Gasteiger partial charge in [-0.1, -0.05) is 43.7 Å². The van der Waals surface area contributed by atoms with E-state index < -0.39 is 0 Å². The van der Waals surface area contributed by atoms with E-state index in [9.17, 15) is 4.79 Å². The number of nitrogens with zero attached hydrogens (tertiary/aromatic N) is 2. The first-order valence-corrected chi connectivity index (χ1v) is 9.96. The molecule has 1 heterocycles. The highest BCUT2D eigenvalue weighted by Gasteiger charge is 2.11. The van der Waals surface area contributed by atoms with Gasteiger partial charge in [-0.25, -0.2) is 4.98 Å². The number of fused-ring (bicyclic) bond motifs is 1. The molecule has 0 aliphatic carbocycles. The third-order valence-electron chi connectivity index (χ3n) is 4.72. The van der Waals surface area contributed by atoms with Crippen molar-refractivity contribution < 1.29 is 9.53 Å². The van der Waals surface area contributed by atoms with E-state index in [1.54, 1.807) is 0 Å². The maximum absolute atomic E-state index is 11.8. The fraction of sp³-hybridized carbons (Fsp3) is 0.391. The molecule has 0 fully saturated rings. The maximum atomic E-state index is 11.8. The summed E-state index contributed by atoms with van der Waals surface area (Å²) in [6.07, 6.45) is 1.60. The van der Waals surface area contributed by atoms with E-state index in [1.165, 1.54) is 5.56 Å². The Labute approximate surface area is 166 Å². The van der Waals surface area contributed by atoms with Crippen LogP contribution in [0.3, 0.4) is 0 Å². The van der Waals surface area contributed by atoms with E-state index in [4.69, 9.17) is 9.72 Å². The smallest absolute Gasteiger partial charge is 0.222 e. The molecule has 0 bridgehead atoms. The summed E-state index contributed by atoms with van der Waals surface area (Å²) in [5.41, 5.74) is 3.35. The fourth-order valence-electron chi connectivity index (χ4n) is 3.11. The first kappa shape index (κ1) is 19.9. The van der Waals surface area contributed by atoms with E-state index in [0.717, 1.165) is 35.6 Å². The molecule has 0 spiro atoms. The van der Waals surface area contributed by atoms with Crippen LogP contribution in [0.25, 0.3) is 11.0 Å². The van der Waals surface area contributed by atoms with E-state index in [1.807, 2.05) is 44.2 Å². The van der Waals surface area contributed by atoms with Crippen molar-refractivity contribution in [1.29, 1.82) is 0 Å². The number of aryl methyl sites for hydroxylation is 2. The van der Waals surface area contributed by atoms with Gasteiger partial charge < -0.3 is 14.6 Å². The van der Waals surface area contributed by atoms with Gasteiger partial charge in [-0.05, 0) is 37.6 Å². The molecular formula is C23H29N3O2. The molecule has 1 aromatic heterocycles. The average Bonchev–Trinajstić information content (AvgIpc) is 3.04. The predicted octanol–water partition coefficient (Wildman–Crippen LogP) is 4.13. The van der Waals surface area contributed by atoms with Crippen LogP contribution in [0.4, 0.5) is 0 Å². The Balaban J connectivity index is 1.61. The Morgan fingerprint density at radius 1 is 1.14 bits per heavy atom. The Kier molecular flexibility index (Phi) is 6.69. The van der Waals surface area contributed by atoms with Gasteiger partial charge in [0.15, 0.2) is 0 Å². The van der Waals surface area contributed by atoms with Crippen molar-refractivity contribution in [3.63, 3.8) is 0 Å². The van der Waals surface area contributed by atoms with Gasteiger partial charge in [0.1, 0.15) is 11.6 Å². The summed E-state index contributed by atoms with van der Waals surface area (Å²) in [4.78, 5) is 16.6. The van der Waals surface area contributed by atoms with E-state index in [-0.39, 0.29) is 11.8 Å². The number of carbonyl (C=O) groups is 1. The van der Waals surface area contributed by atoms with E-state index >= 15 is 0 Å². The third kappa shape index (κ3) is 5.12. The van der Waals surface area contributed by atoms with Crippen molar-refractivity contribution in [3.8, 4) is 5.75 Å². The van der Waals surface area contributed by atoms with Crippen LogP contribution in [0.15, 0.2) is 48.5 Å². The van der Waals surface area contributed by atoms with Gasteiger partial charge in [-0.15, -0.1) is 0 Å². The molecule has 0 atom stereocenters. The minimum atomic E-state index is -0.00209. The fourth-order valence-corrected chi connectivity index (χ4v) is 3.11. The Morgan fingerprint density at radius 2 is 1.89 bits per heavy atom. The zero-order valence-electron chi connectivity index (χ0n) is 16.9. The summed E-state index contributed by atoms with van der Waals surface area (Å²) in [5, 5.41) is 2.98. The number of amides is 1. The topological polar surface area (TPSA) is 56.1 Å². The lowest BCUT2D eigenvalue weighted by molar-refractivity contribution is -0.123. The molecule has 5 nitrogen and oxygen atoms in total. The Hall–Kier alpha value is -2.82. The van der Waals surface area contributed by atoms with Crippen molar-refractivity contribution in [1.82, 2.24) is 14.9 Å². The van der Waals surface area contributed by atoms with Gasteiger partial charge >= 0.3 is 0 Å². The van der Waals surface area contributed by atoms with Crippen LogP contribution in [0, 0.1) is 12.8 Å². The second-order valence-corrected chi connectivity index (χ2v) is 7.38. The normalized spacial score (nSPS) is 11.1. The molecule has 148 valence electrons. The molecule has 2 aromatic carbocycles. The summed E-state index contributed by atoms with van der Waals surface area (Å²) in [7, 11) is 0. The second kappa shape index (κ2) is 9.40. The maximum Gasteiger partial charge on any atom is 0.222 e. The molecule has 0 radical (unpaired) electrons. The zero-order valence-corrected chi connectivity index (χ0v) is 16.9. The number of rotatable bonds is 9. The molecule has 3 aromatic rings. The molecule has 0 saturated carbocycles. The number of hydrogen-bond donors (Lipinski definition) is 1. The third-order valence-corrected chi connectivity index (χ3v) is 4.72. The highest BCUT2D eigenvalue weighted by molar-refractivity contribution is 5.78. The minimum absolute atomic E-state index is 0.00209. The van der Waals surface area contributed by atoms with Crippen LogP contribution in [-0.4, -0.2) is 28.6 Å². The lowest BCUT2D eigenvalue weighted by Crippen LogP contribution is -2.30. The van der Waals surface area contributed by atoms with Gasteiger partial charge in [0.25, 0.3) is 0 Å². The van der Waals surface area contributed by atoms with Crippen LogP contribution >= 0.6 is 0 Å². The molecule has 1 N–H and O–H groups in total. The number of aromatic nitrogens is 2. The molecule has 5 heteroatoms. The molecule has 28 heavy (non-hydrogen) atoms. The van der Waals surface area contributed by atoms with Crippen LogP contribution in [-0.2, 0) is 17.8 Å². The number of benzene rings is 2. The van der Waals surface area contributed by atoms with Gasteiger partial charge in [0.05, 0.1) is 17.6 Å². The summed E-state index contributed by atoms with van der Waals surface area (Å²) in [6.45, 7) is 7.95. The predicted molar refractivity (Wildman–Crippen MR) is 113 cm³/mol. The summed E-state index contributed by atoms with van der Waals surface area (Å²) >= 11 is 0. The monoisotopic (exact) mass is 379 g/mol. The Morgan fingerprint density at radius 3 is 2.64 bits per heavy atom. The number of imidazole rings is 1. The standard InChI is InChI=1S/C23H29N3O2/c1-17(2)23(27)24-14-13-22-25-20-7-4-5-8-21(20)26(22)15-6-16-28-19-11-9-18(3)10-12-19/h4-5,7-12,17H,6,13-16H2,1-3H3,(H,24,27). The van der Waals surface area contributed by atoms with E-state index in [2.05, 4.69) is 35.0 Å². The highest BCUT2D eigenvalue weighted by atomic mass is 16.5. The van der Waals surface area contributed by atoms with Gasteiger partial charge in [-0.2, -0.15) is 0 Å². The number of nitrogens with one attached hydrogen (secondary N) is 1. The van der Waals surface area contributed by atoms with Gasteiger partial charge in [0, 0.05) is 25.4 Å². The number of hydrogen-bond acceptors (Lipinski definition) is 3. The zero-order chi connectivity index (χ0) is 19.9. The lowest BCUT2D eigenvalue weighted by atomic mass is 10.2. The van der Waals surface area contributed by atoms with Crippen molar-refractivity contribution in [2.45, 2.75) is 40.2 Å². The van der Waals surface area contributed by atoms with Crippen molar-refractivity contribution >= 4 is 16.9 Å². The summed E-state index contributed by atoms with van der Waals surface area (Å²) in [6, 6.07) is 16.3. The van der Waals surface area contributed by atoms with Crippen LogP contribution in [0.1, 0.15) is 31.7 Å². The SMILES string of the molecule is Cc1ccc(OCCCn2c(CCNC(=O)C(C)C)nc3ccccc32)cc1. The van der Waals surface area contributed by atoms with Gasteiger partial charge in [-0.3, -0.25) is 4.79 Å². The Bertz CT molecular complexity index is 913. The number of ether oxygens (including phenoxy) is 1. The average molecular weight is 380 g/mol. The lowest BCUT2D eigenvalue weighted by Gasteiger charge is -2.11. The van der Waals surface area contributed by atoms with Crippen molar-refractivity contribution in [2.75, 3.05) is 13.2 Å².